The van der Waals surface area contributed by atoms with Gasteiger partial charge in [-0.25, -0.2) is 4.98 Å². The monoisotopic (exact) mass is 467 g/mol. The molecule has 1 aliphatic heterocycles. The molecular weight excluding hydrogens is 442 g/mol. The van der Waals surface area contributed by atoms with Gasteiger partial charge in [-0.2, -0.15) is 0 Å². The Morgan fingerprint density at radius 3 is 2.73 bits per heavy atom. The van der Waals surface area contributed by atoms with Crippen molar-refractivity contribution in [1.29, 1.82) is 0 Å². The molecule has 3 aromatic rings. The number of hydrogen-bond donors (Lipinski definition) is 3. The van der Waals surface area contributed by atoms with E-state index in [0.717, 1.165) is 31.5 Å². The average Bonchev–Trinajstić information content (AvgIpc) is 2.94. The van der Waals surface area contributed by atoms with Gasteiger partial charge in [-0.15, -0.1) is 11.3 Å². The van der Waals surface area contributed by atoms with Crippen LogP contribution in [0.5, 0.6) is 0 Å². The number of fused-ring (bicyclic) bond motifs is 2. The Balaban J connectivity index is 1.62. The van der Waals surface area contributed by atoms with Crippen LogP contribution in [0.25, 0.3) is 10.2 Å². The van der Waals surface area contributed by atoms with Gasteiger partial charge in [-0.05, 0) is 37.5 Å². The van der Waals surface area contributed by atoms with Gasteiger partial charge in [0.2, 0.25) is 5.91 Å². The molecule has 0 bridgehead atoms. The van der Waals surface area contributed by atoms with Gasteiger partial charge in [-0.1, -0.05) is 18.6 Å². The summed E-state index contributed by atoms with van der Waals surface area (Å²) in [5.74, 6) is -0.577. The molecule has 33 heavy (non-hydrogen) atoms. The van der Waals surface area contributed by atoms with Crippen LogP contribution in [0.4, 0.5) is 5.69 Å². The molecule has 9 nitrogen and oxygen atoms in total. The molecule has 0 saturated carbocycles. The Bertz CT molecular complexity index is 1310. The van der Waals surface area contributed by atoms with Gasteiger partial charge < -0.3 is 16.4 Å². The first kappa shape index (κ1) is 22.7. The van der Waals surface area contributed by atoms with Crippen molar-refractivity contribution in [1.82, 2.24) is 14.9 Å². The Labute approximate surface area is 194 Å². The number of benzene rings is 1. The Hall–Kier alpha value is -3.53. The summed E-state index contributed by atoms with van der Waals surface area (Å²) < 4.78 is 1.74. The van der Waals surface area contributed by atoms with Crippen molar-refractivity contribution in [2.75, 3.05) is 11.9 Å². The minimum absolute atomic E-state index is 0.0216. The van der Waals surface area contributed by atoms with Crippen molar-refractivity contribution in [3.63, 3.8) is 0 Å². The summed E-state index contributed by atoms with van der Waals surface area (Å²) in [7, 11) is 0. The Morgan fingerprint density at radius 2 is 1.94 bits per heavy atom. The Morgan fingerprint density at radius 1 is 1.15 bits per heavy atom. The summed E-state index contributed by atoms with van der Waals surface area (Å²) in [6.45, 7) is 2.50. The minimum Gasteiger partial charge on any atom is -0.370 e. The maximum absolute atomic E-state index is 13.1. The van der Waals surface area contributed by atoms with Gasteiger partial charge in [-0.3, -0.25) is 23.7 Å². The number of hydrogen-bond acceptors (Lipinski definition) is 6. The zero-order chi connectivity index (χ0) is 23.5. The van der Waals surface area contributed by atoms with Crippen LogP contribution < -0.4 is 21.9 Å². The van der Waals surface area contributed by atoms with Crippen LogP contribution in [-0.4, -0.2) is 33.8 Å². The number of nitrogens with two attached hydrogens (primary N) is 1. The number of amides is 3. The lowest BCUT2D eigenvalue weighted by Gasteiger charge is -2.11. The van der Waals surface area contributed by atoms with Crippen molar-refractivity contribution < 1.29 is 14.4 Å². The predicted molar refractivity (Wildman–Crippen MR) is 127 cm³/mol. The van der Waals surface area contributed by atoms with E-state index < -0.39 is 17.7 Å². The lowest BCUT2D eigenvalue weighted by molar-refractivity contribution is -0.117. The summed E-state index contributed by atoms with van der Waals surface area (Å²) in [5.41, 5.74) is 6.19. The van der Waals surface area contributed by atoms with E-state index in [0.29, 0.717) is 32.9 Å². The SMILES string of the molecule is Cc1c(C(=O)Nc2ccccc2C(=O)NCCC(N)=O)sc2nc3n(c(=O)c12)CCCCC3. The zero-order valence-corrected chi connectivity index (χ0v) is 19.1. The largest absolute Gasteiger partial charge is 0.370 e. The van der Waals surface area contributed by atoms with Gasteiger partial charge in [0.1, 0.15) is 10.7 Å². The van der Waals surface area contributed by atoms with Crippen molar-refractivity contribution in [2.45, 2.75) is 45.6 Å². The molecule has 3 amide bonds. The standard InChI is InChI=1S/C23H25N5O4S/c1-13-18-22(27-17-9-3-2-6-12-28(17)23(18)32)33-19(13)21(31)26-15-8-5-4-7-14(15)20(30)25-11-10-16(24)29/h4-5,7-8H,2-3,6,9-12H2,1H3,(H2,24,29)(H,25,30)(H,26,31). The van der Waals surface area contributed by atoms with E-state index in [1.54, 1.807) is 35.8 Å². The molecule has 0 unspecified atom stereocenters. The number of nitrogens with zero attached hydrogens (tertiary/aromatic N) is 2. The number of aromatic nitrogens is 2. The summed E-state index contributed by atoms with van der Waals surface area (Å²) in [5, 5.41) is 5.89. The molecule has 4 N–H and O–H groups in total. The minimum atomic E-state index is -0.515. The van der Waals surface area contributed by atoms with Crippen LogP contribution in [0, 0.1) is 6.92 Å². The van der Waals surface area contributed by atoms with Crippen molar-refractivity contribution >= 4 is 45.0 Å². The van der Waals surface area contributed by atoms with Gasteiger partial charge in [0.25, 0.3) is 17.4 Å². The second-order valence-corrected chi connectivity index (χ2v) is 9.00. The highest BCUT2D eigenvalue weighted by Crippen LogP contribution is 2.29. The number of thiophene rings is 1. The average molecular weight is 468 g/mol. The highest BCUT2D eigenvalue weighted by Gasteiger charge is 2.23. The number of aryl methyl sites for hydroxylation is 2. The summed E-state index contributed by atoms with van der Waals surface area (Å²) in [6.07, 6.45) is 3.77. The number of para-hydroxylation sites is 1. The quantitative estimate of drug-likeness (QED) is 0.511. The molecule has 2 aromatic heterocycles. The molecule has 1 aliphatic rings. The van der Waals surface area contributed by atoms with Crippen LogP contribution in [0.1, 0.15) is 57.1 Å². The van der Waals surface area contributed by atoms with E-state index in [-0.39, 0.29) is 24.1 Å². The maximum atomic E-state index is 13.1. The van der Waals surface area contributed by atoms with Gasteiger partial charge in [0.05, 0.1) is 21.5 Å². The number of anilines is 1. The first-order valence-corrected chi connectivity index (χ1v) is 11.7. The fraction of sp³-hybridized carbons (Fsp3) is 0.348. The van der Waals surface area contributed by atoms with Crippen molar-refractivity contribution in [2.24, 2.45) is 5.73 Å². The van der Waals surface area contributed by atoms with Gasteiger partial charge in [0, 0.05) is 25.9 Å². The third-order valence-electron chi connectivity index (χ3n) is 5.69. The zero-order valence-electron chi connectivity index (χ0n) is 18.3. The highest BCUT2D eigenvalue weighted by molar-refractivity contribution is 7.20. The molecule has 0 aliphatic carbocycles. The van der Waals surface area contributed by atoms with E-state index in [1.807, 2.05) is 0 Å². The number of carbonyl (C=O) groups is 3. The second-order valence-electron chi connectivity index (χ2n) is 8.00. The molecule has 3 heterocycles. The van der Waals surface area contributed by atoms with Crippen LogP contribution >= 0.6 is 11.3 Å². The van der Waals surface area contributed by atoms with Crippen molar-refractivity contribution in [3.8, 4) is 0 Å². The number of primary amides is 1. The molecule has 1 aromatic carbocycles. The van der Waals surface area contributed by atoms with Crippen molar-refractivity contribution in [3.05, 3.63) is 56.4 Å². The molecule has 0 fully saturated rings. The Kier molecular flexibility index (Phi) is 6.55. The lowest BCUT2D eigenvalue weighted by atomic mass is 10.1. The fourth-order valence-electron chi connectivity index (χ4n) is 3.99. The summed E-state index contributed by atoms with van der Waals surface area (Å²) in [4.78, 5) is 55.4. The van der Waals surface area contributed by atoms with Crippen LogP contribution in [0.15, 0.2) is 29.1 Å². The molecule has 0 radical (unpaired) electrons. The lowest BCUT2D eigenvalue weighted by Crippen LogP contribution is -2.28. The molecule has 10 heteroatoms. The van der Waals surface area contributed by atoms with E-state index in [1.165, 1.54) is 11.3 Å². The van der Waals surface area contributed by atoms with E-state index >= 15 is 0 Å². The summed E-state index contributed by atoms with van der Waals surface area (Å²) >= 11 is 1.19. The third kappa shape index (κ3) is 4.65. The smallest absolute Gasteiger partial charge is 0.266 e. The normalized spacial score (nSPS) is 13.2. The molecule has 0 atom stereocenters. The first-order valence-electron chi connectivity index (χ1n) is 10.9. The molecule has 172 valence electrons. The summed E-state index contributed by atoms with van der Waals surface area (Å²) in [6, 6.07) is 6.59. The number of nitrogens with one attached hydrogen (secondary N) is 2. The predicted octanol–water partition coefficient (Wildman–Crippen LogP) is 2.35. The topological polar surface area (TPSA) is 136 Å². The first-order chi connectivity index (χ1) is 15.9. The van der Waals surface area contributed by atoms with E-state index in [9.17, 15) is 19.2 Å². The van der Waals surface area contributed by atoms with Crippen LogP contribution in [-0.2, 0) is 17.8 Å². The van der Waals surface area contributed by atoms with E-state index in [4.69, 9.17) is 10.7 Å². The van der Waals surface area contributed by atoms with Crippen LogP contribution in [0.2, 0.25) is 0 Å². The number of carbonyl (C=O) groups excluding carboxylic acids is 3. The van der Waals surface area contributed by atoms with Crippen LogP contribution in [0.3, 0.4) is 0 Å². The molecule has 4 rings (SSSR count). The third-order valence-corrected chi connectivity index (χ3v) is 6.88. The van der Waals surface area contributed by atoms with E-state index in [2.05, 4.69) is 10.6 Å². The number of rotatable bonds is 6. The molecule has 0 saturated heterocycles. The molecular formula is C23H25N5O4S. The maximum Gasteiger partial charge on any atom is 0.266 e. The van der Waals surface area contributed by atoms with Gasteiger partial charge in [0.15, 0.2) is 0 Å². The van der Waals surface area contributed by atoms with Gasteiger partial charge >= 0.3 is 0 Å². The second kappa shape index (κ2) is 9.53. The molecule has 0 spiro atoms. The fourth-order valence-corrected chi connectivity index (χ4v) is 5.08. The highest BCUT2D eigenvalue weighted by atomic mass is 32.1.